The summed E-state index contributed by atoms with van der Waals surface area (Å²) in [5.41, 5.74) is 0.533. The highest BCUT2D eigenvalue weighted by Gasteiger charge is 2.56. The SMILES string of the molecule is CC(=O)OC1=CC[C@@H]2[C@H](CC[C@]3(C)[C@@H]2CC[C@@H]3[C@H](C)CCCC(C)C)[C@H]1C. The third-order valence-corrected chi connectivity index (χ3v) is 8.64. The second kappa shape index (κ2) is 8.29. The highest BCUT2D eigenvalue weighted by molar-refractivity contribution is 5.67. The molecule has 0 radical (unpaired) electrons. The fourth-order valence-corrected chi connectivity index (χ4v) is 7.25. The largest absolute Gasteiger partial charge is 0.431 e. The molecule has 0 aromatic carbocycles. The average molecular weight is 375 g/mol. The molecule has 0 aliphatic heterocycles. The summed E-state index contributed by atoms with van der Waals surface area (Å²) in [5, 5.41) is 0. The molecule has 0 bridgehead atoms. The van der Waals surface area contributed by atoms with Crippen LogP contribution in [0.3, 0.4) is 0 Å². The van der Waals surface area contributed by atoms with Gasteiger partial charge in [-0.1, -0.05) is 53.9 Å². The van der Waals surface area contributed by atoms with E-state index in [2.05, 4.69) is 40.7 Å². The Balaban J connectivity index is 1.69. The summed E-state index contributed by atoms with van der Waals surface area (Å²) in [5.74, 6) is 6.16. The molecule has 3 aliphatic carbocycles. The van der Waals surface area contributed by atoms with Crippen LogP contribution in [-0.2, 0) is 9.53 Å². The van der Waals surface area contributed by atoms with Gasteiger partial charge in [-0.2, -0.15) is 0 Å². The van der Waals surface area contributed by atoms with Crippen LogP contribution in [0.1, 0.15) is 92.9 Å². The van der Waals surface area contributed by atoms with Crippen molar-refractivity contribution in [2.45, 2.75) is 92.9 Å². The number of hydrogen-bond donors (Lipinski definition) is 0. The third-order valence-electron chi connectivity index (χ3n) is 8.64. The molecule has 0 spiro atoms. The molecule has 0 unspecified atom stereocenters. The van der Waals surface area contributed by atoms with Crippen LogP contribution in [0, 0.1) is 46.8 Å². The van der Waals surface area contributed by atoms with Crippen molar-refractivity contribution in [3.63, 3.8) is 0 Å². The lowest BCUT2D eigenvalue weighted by Gasteiger charge is -2.52. The highest BCUT2D eigenvalue weighted by Crippen LogP contribution is 2.63. The van der Waals surface area contributed by atoms with E-state index in [-0.39, 0.29) is 5.97 Å². The highest BCUT2D eigenvalue weighted by atomic mass is 16.5. The number of carbonyl (C=O) groups excluding carboxylic acids is 1. The smallest absolute Gasteiger partial charge is 0.307 e. The molecule has 2 heteroatoms. The summed E-state index contributed by atoms with van der Waals surface area (Å²) in [6, 6.07) is 0. The third kappa shape index (κ3) is 4.15. The quantitative estimate of drug-likeness (QED) is 0.468. The molecular formula is C25H42O2. The van der Waals surface area contributed by atoms with Crippen molar-refractivity contribution in [1.82, 2.24) is 0 Å². The molecule has 2 nitrogen and oxygen atoms in total. The molecule has 2 saturated carbocycles. The van der Waals surface area contributed by atoms with Crippen LogP contribution < -0.4 is 0 Å². The van der Waals surface area contributed by atoms with Gasteiger partial charge in [-0.15, -0.1) is 0 Å². The minimum absolute atomic E-state index is 0.164. The number of rotatable bonds is 6. The van der Waals surface area contributed by atoms with Crippen LogP contribution in [0.15, 0.2) is 11.8 Å². The van der Waals surface area contributed by atoms with Gasteiger partial charge in [0.15, 0.2) is 0 Å². The van der Waals surface area contributed by atoms with Crippen LogP contribution in [0.4, 0.5) is 0 Å². The molecule has 0 heterocycles. The van der Waals surface area contributed by atoms with Gasteiger partial charge in [0.1, 0.15) is 5.76 Å². The summed E-state index contributed by atoms with van der Waals surface area (Å²) in [6.45, 7) is 13.7. The molecule has 0 N–H and O–H groups in total. The van der Waals surface area contributed by atoms with Crippen molar-refractivity contribution >= 4 is 5.97 Å². The Labute approximate surface area is 167 Å². The van der Waals surface area contributed by atoms with E-state index in [4.69, 9.17) is 4.74 Å². The van der Waals surface area contributed by atoms with Crippen LogP contribution in [-0.4, -0.2) is 5.97 Å². The molecule has 3 rings (SSSR count). The maximum Gasteiger partial charge on any atom is 0.307 e. The Morgan fingerprint density at radius 3 is 2.59 bits per heavy atom. The van der Waals surface area contributed by atoms with Gasteiger partial charge in [0.2, 0.25) is 0 Å². The summed E-state index contributed by atoms with van der Waals surface area (Å²) in [4.78, 5) is 11.4. The van der Waals surface area contributed by atoms with Gasteiger partial charge in [-0.25, -0.2) is 0 Å². The van der Waals surface area contributed by atoms with Gasteiger partial charge in [0, 0.05) is 12.8 Å². The zero-order chi connectivity index (χ0) is 19.8. The minimum atomic E-state index is -0.164. The fraction of sp³-hybridized carbons (Fsp3) is 0.880. The zero-order valence-electron chi connectivity index (χ0n) is 18.6. The summed E-state index contributed by atoms with van der Waals surface area (Å²) in [6.07, 6.45) is 13.1. The molecule has 0 saturated heterocycles. The lowest BCUT2D eigenvalue weighted by Crippen LogP contribution is -2.45. The molecule has 27 heavy (non-hydrogen) atoms. The van der Waals surface area contributed by atoms with Crippen LogP contribution in [0.25, 0.3) is 0 Å². The van der Waals surface area contributed by atoms with E-state index in [9.17, 15) is 4.79 Å². The molecule has 3 aliphatic rings. The number of hydrogen-bond acceptors (Lipinski definition) is 2. The predicted molar refractivity (Wildman–Crippen MR) is 112 cm³/mol. The van der Waals surface area contributed by atoms with Crippen molar-refractivity contribution in [3.8, 4) is 0 Å². The molecule has 0 aromatic heterocycles. The van der Waals surface area contributed by atoms with Crippen molar-refractivity contribution in [1.29, 1.82) is 0 Å². The van der Waals surface area contributed by atoms with Gasteiger partial charge in [-0.05, 0) is 79.1 Å². The monoisotopic (exact) mass is 374 g/mol. The van der Waals surface area contributed by atoms with Crippen molar-refractivity contribution in [3.05, 3.63) is 11.8 Å². The van der Waals surface area contributed by atoms with Crippen LogP contribution in [0.2, 0.25) is 0 Å². The molecule has 0 amide bonds. The first kappa shape index (κ1) is 20.9. The van der Waals surface area contributed by atoms with E-state index in [0.717, 1.165) is 41.8 Å². The van der Waals surface area contributed by atoms with Crippen molar-refractivity contribution in [2.24, 2.45) is 46.8 Å². The lowest BCUT2D eigenvalue weighted by molar-refractivity contribution is -0.139. The van der Waals surface area contributed by atoms with Crippen molar-refractivity contribution in [2.75, 3.05) is 0 Å². The van der Waals surface area contributed by atoms with E-state index in [1.807, 2.05) is 0 Å². The number of carbonyl (C=O) groups is 1. The first-order valence-electron chi connectivity index (χ1n) is 11.6. The number of fused-ring (bicyclic) bond motifs is 3. The zero-order valence-corrected chi connectivity index (χ0v) is 18.6. The van der Waals surface area contributed by atoms with Gasteiger partial charge in [-0.3, -0.25) is 4.79 Å². The van der Waals surface area contributed by atoms with E-state index in [1.54, 1.807) is 0 Å². The Bertz CT molecular complexity index is 563. The first-order chi connectivity index (χ1) is 12.7. The maximum atomic E-state index is 11.4. The minimum Gasteiger partial charge on any atom is -0.431 e. The van der Waals surface area contributed by atoms with Crippen LogP contribution in [0.5, 0.6) is 0 Å². The topological polar surface area (TPSA) is 26.3 Å². The standard InChI is InChI=1S/C25H42O2/c1-16(2)8-7-9-17(3)22-11-12-23-21-10-13-24(27-19(5)26)18(4)20(21)14-15-25(22,23)6/h13,16-18,20-23H,7-12,14-15H2,1-6H3/t17-,18-,20-,21-,22-,23-,25+/m1/s1. The second-order valence-electron chi connectivity index (χ2n) is 10.7. The van der Waals surface area contributed by atoms with Crippen LogP contribution >= 0.6 is 0 Å². The summed E-state index contributed by atoms with van der Waals surface area (Å²) >= 11 is 0. The number of ether oxygens (including phenoxy) is 1. The number of allylic oxidation sites excluding steroid dienone is 2. The van der Waals surface area contributed by atoms with Gasteiger partial charge < -0.3 is 4.74 Å². The average Bonchev–Trinajstić information content (AvgIpc) is 2.94. The lowest BCUT2D eigenvalue weighted by atomic mass is 9.53. The Kier molecular flexibility index (Phi) is 6.43. The van der Waals surface area contributed by atoms with Gasteiger partial charge >= 0.3 is 5.97 Å². The maximum absolute atomic E-state index is 11.4. The van der Waals surface area contributed by atoms with E-state index >= 15 is 0 Å². The molecule has 154 valence electrons. The van der Waals surface area contributed by atoms with E-state index in [0.29, 0.717) is 17.3 Å². The first-order valence-corrected chi connectivity index (χ1v) is 11.6. The Hall–Kier alpha value is -0.790. The molecule has 2 fully saturated rings. The Morgan fingerprint density at radius 1 is 1.19 bits per heavy atom. The Morgan fingerprint density at radius 2 is 1.93 bits per heavy atom. The molecule has 0 aromatic rings. The van der Waals surface area contributed by atoms with Gasteiger partial charge in [0.25, 0.3) is 0 Å². The molecular weight excluding hydrogens is 332 g/mol. The predicted octanol–water partition coefficient (Wildman–Crippen LogP) is 6.99. The normalized spacial score (nSPS) is 39.5. The van der Waals surface area contributed by atoms with E-state index < -0.39 is 0 Å². The number of esters is 1. The van der Waals surface area contributed by atoms with Gasteiger partial charge in [0.05, 0.1) is 0 Å². The second-order valence-corrected chi connectivity index (χ2v) is 10.7. The van der Waals surface area contributed by atoms with E-state index in [1.165, 1.54) is 51.9 Å². The summed E-state index contributed by atoms with van der Waals surface area (Å²) < 4.78 is 5.53. The fourth-order valence-electron chi connectivity index (χ4n) is 7.25. The van der Waals surface area contributed by atoms with Crippen molar-refractivity contribution < 1.29 is 9.53 Å². The summed E-state index contributed by atoms with van der Waals surface area (Å²) in [7, 11) is 0. The molecule has 7 atom stereocenters.